The lowest BCUT2D eigenvalue weighted by molar-refractivity contribution is 0.107. The van der Waals surface area contributed by atoms with Crippen LogP contribution >= 0.6 is 11.6 Å². The highest BCUT2D eigenvalue weighted by atomic mass is 35.5. The molecule has 0 bridgehead atoms. The molecule has 1 rings (SSSR count). The Labute approximate surface area is 67.2 Å². The first-order valence-electron chi connectivity index (χ1n) is 2.79. The van der Waals surface area contributed by atoms with E-state index < -0.39 is 11.1 Å². The van der Waals surface area contributed by atoms with Crippen LogP contribution in [0.3, 0.4) is 0 Å². The molecule has 0 fully saturated rings. The van der Waals surface area contributed by atoms with Gasteiger partial charge >= 0.3 is 0 Å². The molecule has 4 heteroatoms. The Balaban J connectivity index is 3.23. The van der Waals surface area contributed by atoms with E-state index in [1.165, 1.54) is 0 Å². The Morgan fingerprint density at radius 3 is 2.64 bits per heavy atom. The Bertz CT molecular complexity index is 298. The molecular weight excluding hydrogens is 171 g/mol. The molecule has 0 aromatic heterocycles. The fourth-order valence-corrected chi connectivity index (χ4v) is 0.817. The van der Waals surface area contributed by atoms with Crippen molar-refractivity contribution in [2.75, 3.05) is 0 Å². The maximum Gasteiger partial charge on any atom is 0.256 e. The van der Waals surface area contributed by atoms with Crippen LogP contribution in [0.4, 0.5) is 4.39 Å². The van der Waals surface area contributed by atoms with Gasteiger partial charge in [0, 0.05) is 0 Å². The second kappa shape index (κ2) is 2.88. The van der Waals surface area contributed by atoms with Crippen molar-refractivity contribution < 1.29 is 14.3 Å². The molecule has 2 nitrogen and oxygen atoms in total. The summed E-state index contributed by atoms with van der Waals surface area (Å²) < 4.78 is 12.4. The van der Waals surface area contributed by atoms with Crippen LogP contribution in [0, 0.1) is 5.82 Å². The zero-order chi connectivity index (χ0) is 8.43. The summed E-state index contributed by atoms with van der Waals surface area (Å²) in [4.78, 5) is 10.5. The van der Waals surface area contributed by atoms with Gasteiger partial charge < -0.3 is 5.11 Å². The molecule has 0 amide bonds. The monoisotopic (exact) mass is 174 g/mol. The third kappa shape index (κ3) is 1.68. The lowest BCUT2D eigenvalue weighted by Crippen LogP contribution is -1.90. The normalized spacial score (nSPS) is 9.64. The van der Waals surface area contributed by atoms with Gasteiger partial charge in [-0.3, -0.25) is 4.79 Å². The number of phenols is 1. The van der Waals surface area contributed by atoms with Crippen molar-refractivity contribution in [1.82, 2.24) is 0 Å². The van der Waals surface area contributed by atoms with Gasteiger partial charge in [-0.25, -0.2) is 4.39 Å². The summed E-state index contributed by atoms with van der Waals surface area (Å²) >= 11 is 5.01. The van der Waals surface area contributed by atoms with E-state index in [2.05, 4.69) is 0 Å². The lowest BCUT2D eigenvalue weighted by atomic mass is 10.2. The van der Waals surface area contributed by atoms with Crippen LogP contribution in [-0.2, 0) is 0 Å². The summed E-state index contributed by atoms with van der Waals surface area (Å²) in [6.45, 7) is 0. The van der Waals surface area contributed by atoms with E-state index in [1.54, 1.807) is 0 Å². The Morgan fingerprint density at radius 2 is 2.18 bits per heavy atom. The molecule has 0 saturated carbocycles. The SMILES string of the molecule is O=C(Cl)c1cc(F)ccc1O. The standard InChI is InChI=1S/C7H4ClFO2/c8-7(11)5-3-4(9)1-2-6(5)10/h1-3,10H. The van der Waals surface area contributed by atoms with Gasteiger partial charge in [-0.15, -0.1) is 0 Å². The van der Waals surface area contributed by atoms with Crippen LogP contribution < -0.4 is 0 Å². The van der Waals surface area contributed by atoms with Crippen molar-refractivity contribution in [2.24, 2.45) is 0 Å². The van der Waals surface area contributed by atoms with E-state index in [9.17, 15) is 9.18 Å². The fourth-order valence-electron chi connectivity index (χ4n) is 0.666. The zero-order valence-corrected chi connectivity index (χ0v) is 6.10. The minimum absolute atomic E-state index is 0.216. The molecule has 1 aromatic rings. The lowest BCUT2D eigenvalue weighted by Gasteiger charge is -1.96. The largest absolute Gasteiger partial charge is 0.507 e. The molecule has 1 aromatic carbocycles. The molecule has 0 saturated heterocycles. The molecule has 11 heavy (non-hydrogen) atoms. The van der Waals surface area contributed by atoms with Gasteiger partial charge in [0.05, 0.1) is 5.56 Å². The van der Waals surface area contributed by atoms with Crippen LogP contribution in [-0.4, -0.2) is 10.3 Å². The fraction of sp³-hybridized carbons (Fsp3) is 0. The van der Waals surface area contributed by atoms with Crippen molar-refractivity contribution in [2.45, 2.75) is 0 Å². The first-order valence-corrected chi connectivity index (χ1v) is 3.17. The average Bonchev–Trinajstić information content (AvgIpc) is 1.94. The van der Waals surface area contributed by atoms with Crippen LogP contribution in [0.2, 0.25) is 0 Å². The van der Waals surface area contributed by atoms with Crippen molar-refractivity contribution in [3.8, 4) is 5.75 Å². The Hall–Kier alpha value is -1.09. The minimum atomic E-state index is -0.873. The molecule has 0 spiro atoms. The number of hydrogen-bond acceptors (Lipinski definition) is 2. The molecule has 0 aliphatic heterocycles. The molecular formula is C7H4ClFO2. The Morgan fingerprint density at radius 1 is 1.55 bits per heavy atom. The third-order valence-electron chi connectivity index (χ3n) is 1.17. The molecule has 0 atom stereocenters. The van der Waals surface area contributed by atoms with E-state index in [1.807, 2.05) is 0 Å². The highest BCUT2D eigenvalue weighted by Crippen LogP contribution is 2.19. The number of benzene rings is 1. The van der Waals surface area contributed by atoms with Gasteiger partial charge in [-0.05, 0) is 29.8 Å². The maximum atomic E-state index is 12.4. The number of carbonyl (C=O) groups is 1. The summed E-state index contributed by atoms with van der Waals surface area (Å²) in [6, 6.07) is 2.99. The molecule has 0 radical (unpaired) electrons. The maximum absolute atomic E-state index is 12.4. The summed E-state index contributed by atoms with van der Waals surface area (Å²) in [7, 11) is 0. The molecule has 0 aliphatic carbocycles. The van der Waals surface area contributed by atoms with E-state index in [0.717, 1.165) is 18.2 Å². The minimum Gasteiger partial charge on any atom is -0.507 e. The molecule has 58 valence electrons. The van der Waals surface area contributed by atoms with E-state index in [0.29, 0.717) is 0 Å². The van der Waals surface area contributed by atoms with Crippen LogP contribution in [0.15, 0.2) is 18.2 Å². The van der Waals surface area contributed by atoms with Crippen molar-refractivity contribution >= 4 is 16.8 Å². The van der Waals surface area contributed by atoms with Crippen LogP contribution in [0.25, 0.3) is 0 Å². The number of phenolic OH excluding ortho intramolecular Hbond substituents is 1. The number of rotatable bonds is 1. The van der Waals surface area contributed by atoms with Crippen molar-refractivity contribution in [3.63, 3.8) is 0 Å². The summed E-state index contributed by atoms with van der Waals surface area (Å²) in [5, 5.41) is 8.06. The van der Waals surface area contributed by atoms with Crippen LogP contribution in [0.1, 0.15) is 10.4 Å². The topological polar surface area (TPSA) is 37.3 Å². The molecule has 0 unspecified atom stereocenters. The average molecular weight is 175 g/mol. The van der Waals surface area contributed by atoms with E-state index in [-0.39, 0.29) is 11.3 Å². The smallest absolute Gasteiger partial charge is 0.256 e. The highest BCUT2D eigenvalue weighted by molar-refractivity contribution is 6.68. The predicted octanol–water partition coefficient (Wildman–Crippen LogP) is 1.91. The molecule has 1 N–H and O–H groups in total. The molecule has 0 heterocycles. The highest BCUT2D eigenvalue weighted by Gasteiger charge is 2.08. The Kier molecular flexibility index (Phi) is 2.10. The van der Waals surface area contributed by atoms with Gasteiger partial charge in [-0.1, -0.05) is 0 Å². The zero-order valence-electron chi connectivity index (χ0n) is 5.34. The van der Waals surface area contributed by atoms with Gasteiger partial charge in [-0.2, -0.15) is 0 Å². The van der Waals surface area contributed by atoms with Gasteiger partial charge in [0.1, 0.15) is 11.6 Å². The summed E-state index contributed by atoms with van der Waals surface area (Å²) in [5.74, 6) is -0.918. The van der Waals surface area contributed by atoms with E-state index in [4.69, 9.17) is 16.7 Å². The first kappa shape index (κ1) is 8.01. The van der Waals surface area contributed by atoms with Gasteiger partial charge in [0.15, 0.2) is 0 Å². The number of aromatic hydroxyl groups is 1. The van der Waals surface area contributed by atoms with Crippen molar-refractivity contribution in [1.29, 1.82) is 0 Å². The second-order valence-electron chi connectivity index (χ2n) is 1.94. The quantitative estimate of drug-likeness (QED) is 0.661. The van der Waals surface area contributed by atoms with Crippen LogP contribution in [0.5, 0.6) is 5.75 Å². The van der Waals surface area contributed by atoms with Gasteiger partial charge in [0.2, 0.25) is 0 Å². The number of halogens is 2. The van der Waals surface area contributed by atoms with Crippen molar-refractivity contribution in [3.05, 3.63) is 29.6 Å². The number of hydrogen-bond donors (Lipinski definition) is 1. The first-order chi connectivity index (χ1) is 5.11. The van der Waals surface area contributed by atoms with Gasteiger partial charge in [0.25, 0.3) is 5.24 Å². The summed E-state index contributed by atoms with van der Waals surface area (Å²) in [5.41, 5.74) is -0.216. The third-order valence-corrected chi connectivity index (χ3v) is 1.37. The van der Waals surface area contributed by atoms with E-state index >= 15 is 0 Å². The molecule has 0 aliphatic rings. The number of carbonyl (C=O) groups excluding carboxylic acids is 1. The summed E-state index contributed by atoms with van der Waals surface area (Å²) in [6.07, 6.45) is 0. The predicted molar refractivity (Wildman–Crippen MR) is 38.2 cm³/mol. The second-order valence-corrected chi connectivity index (χ2v) is 2.28.